The van der Waals surface area contributed by atoms with Crippen LogP contribution in [0.2, 0.25) is 0 Å². The fraction of sp³-hybridized carbons (Fsp3) is 0.182. The standard InChI is InChI=1S/C11H11NO2/c1-7-8-5-3-4-6-9(8)12-11(13)10(7)14-2/h3-6H,1-2H3,(H,12,13). The first-order valence-electron chi connectivity index (χ1n) is 4.39. The number of H-pyrrole nitrogens is 1. The third kappa shape index (κ3) is 1.18. The van der Waals surface area contributed by atoms with Gasteiger partial charge < -0.3 is 9.72 Å². The van der Waals surface area contributed by atoms with E-state index in [4.69, 9.17) is 4.74 Å². The normalized spacial score (nSPS) is 10.4. The maximum Gasteiger partial charge on any atom is 0.291 e. The Hall–Kier alpha value is -1.77. The molecule has 0 unspecified atom stereocenters. The molecule has 0 aliphatic rings. The predicted molar refractivity (Wildman–Crippen MR) is 55.9 cm³/mol. The van der Waals surface area contributed by atoms with Gasteiger partial charge in [-0.1, -0.05) is 18.2 Å². The summed E-state index contributed by atoms with van der Waals surface area (Å²) < 4.78 is 5.04. The van der Waals surface area contributed by atoms with E-state index in [2.05, 4.69) is 4.98 Å². The molecule has 0 spiro atoms. The molecular formula is C11H11NO2. The van der Waals surface area contributed by atoms with Gasteiger partial charge in [0.1, 0.15) is 0 Å². The van der Waals surface area contributed by atoms with Gasteiger partial charge in [0.25, 0.3) is 5.56 Å². The van der Waals surface area contributed by atoms with Crippen molar-refractivity contribution >= 4 is 10.9 Å². The van der Waals surface area contributed by atoms with E-state index in [-0.39, 0.29) is 5.56 Å². The van der Waals surface area contributed by atoms with Gasteiger partial charge in [-0.3, -0.25) is 4.79 Å². The molecule has 72 valence electrons. The van der Waals surface area contributed by atoms with Crippen molar-refractivity contribution in [3.63, 3.8) is 0 Å². The van der Waals surface area contributed by atoms with Crippen molar-refractivity contribution in [2.45, 2.75) is 6.92 Å². The highest BCUT2D eigenvalue weighted by Gasteiger charge is 2.07. The van der Waals surface area contributed by atoms with Crippen LogP contribution >= 0.6 is 0 Å². The summed E-state index contributed by atoms with van der Waals surface area (Å²) in [5.41, 5.74) is 1.55. The largest absolute Gasteiger partial charge is 0.491 e. The number of fused-ring (bicyclic) bond motifs is 1. The van der Waals surface area contributed by atoms with Crippen LogP contribution in [0.3, 0.4) is 0 Å². The SMILES string of the molecule is COc1c(C)c2ccccc2[nH]c1=O. The number of aryl methyl sites for hydroxylation is 1. The number of ether oxygens (including phenoxy) is 1. The molecule has 3 heteroatoms. The first-order chi connectivity index (χ1) is 6.74. The molecule has 3 nitrogen and oxygen atoms in total. The molecule has 0 radical (unpaired) electrons. The quantitative estimate of drug-likeness (QED) is 0.743. The number of hydrogen-bond acceptors (Lipinski definition) is 2. The van der Waals surface area contributed by atoms with Crippen molar-refractivity contribution in [2.75, 3.05) is 7.11 Å². The van der Waals surface area contributed by atoms with Crippen molar-refractivity contribution in [3.05, 3.63) is 40.2 Å². The number of aromatic amines is 1. The molecular weight excluding hydrogens is 178 g/mol. The van der Waals surface area contributed by atoms with Crippen molar-refractivity contribution in [2.24, 2.45) is 0 Å². The molecule has 0 saturated heterocycles. The number of rotatable bonds is 1. The van der Waals surface area contributed by atoms with Crippen molar-refractivity contribution < 1.29 is 4.74 Å². The van der Waals surface area contributed by atoms with E-state index in [1.54, 1.807) is 0 Å². The fourth-order valence-electron chi connectivity index (χ4n) is 1.64. The zero-order valence-electron chi connectivity index (χ0n) is 8.13. The van der Waals surface area contributed by atoms with Gasteiger partial charge >= 0.3 is 0 Å². The Morgan fingerprint density at radius 3 is 2.71 bits per heavy atom. The van der Waals surface area contributed by atoms with Crippen molar-refractivity contribution in [3.8, 4) is 5.75 Å². The smallest absolute Gasteiger partial charge is 0.291 e. The average molecular weight is 189 g/mol. The monoisotopic (exact) mass is 189 g/mol. The topological polar surface area (TPSA) is 42.1 Å². The van der Waals surface area contributed by atoms with E-state index in [1.807, 2.05) is 31.2 Å². The second-order valence-corrected chi connectivity index (χ2v) is 3.16. The van der Waals surface area contributed by atoms with Crippen LogP contribution in [-0.2, 0) is 0 Å². The van der Waals surface area contributed by atoms with E-state index in [0.717, 1.165) is 16.5 Å². The molecule has 0 bridgehead atoms. The summed E-state index contributed by atoms with van der Waals surface area (Å²) in [7, 11) is 1.51. The molecule has 0 atom stereocenters. The Morgan fingerprint density at radius 1 is 1.29 bits per heavy atom. The summed E-state index contributed by atoms with van der Waals surface area (Å²) in [5.74, 6) is 0.392. The molecule has 0 fully saturated rings. The number of methoxy groups -OCH3 is 1. The summed E-state index contributed by atoms with van der Waals surface area (Å²) in [6.07, 6.45) is 0. The van der Waals surface area contributed by atoms with Gasteiger partial charge in [0, 0.05) is 16.5 Å². The van der Waals surface area contributed by atoms with Crippen LogP contribution < -0.4 is 10.3 Å². The van der Waals surface area contributed by atoms with Gasteiger partial charge in [-0.05, 0) is 13.0 Å². The maximum absolute atomic E-state index is 11.5. The number of para-hydroxylation sites is 1. The highest BCUT2D eigenvalue weighted by atomic mass is 16.5. The molecule has 2 aromatic rings. The second-order valence-electron chi connectivity index (χ2n) is 3.16. The zero-order valence-corrected chi connectivity index (χ0v) is 8.13. The van der Waals surface area contributed by atoms with Crippen LogP contribution in [0.4, 0.5) is 0 Å². The molecule has 1 N–H and O–H groups in total. The summed E-state index contributed by atoms with van der Waals surface area (Å²) in [6, 6.07) is 7.67. The van der Waals surface area contributed by atoms with Crippen LogP contribution in [-0.4, -0.2) is 12.1 Å². The van der Waals surface area contributed by atoms with E-state index in [1.165, 1.54) is 7.11 Å². The molecule has 1 heterocycles. The third-order valence-electron chi connectivity index (χ3n) is 2.33. The summed E-state index contributed by atoms with van der Waals surface area (Å²) in [4.78, 5) is 14.3. The summed E-state index contributed by atoms with van der Waals surface area (Å²) >= 11 is 0. The van der Waals surface area contributed by atoms with Gasteiger partial charge in [-0.25, -0.2) is 0 Å². The molecule has 0 saturated carbocycles. The molecule has 14 heavy (non-hydrogen) atoms. The molecule has 2 rings (SSSR count). The molecule has 1 aromatic heterocycles. The van der Waals surface area contributed by atoms with E-state index < -0.39 is 0 Å². The molecule has 1 aromatic carbocycles. The third-order valence-corrected chi connectivity index (χ3v) is 2.33. The van der Waals surface area contributed by atoms with Crippen LogP contribution in [0.25, 0.3) is 10.9 Å². The van der Waals surface area contributed by atoms with Gasteiger partial charge in [-0.15, -0.1) is 0 Å². The minimum atomic E-state index is -0.177. The number of pyridine rings is 1. The summed E-state index contributed by atoms with van der Waals surface area (Å²) in [6.45, 7) is 1.89. The number of hydrogen-bond donors (Lipinski definition) is 1. The molecule has 0 aliphatic carbocycles. The minimum Gasteiger partial charge on any atom is -0.491 e. The number of aromatic nitrogens is 1. The van der Waals surface area contributed by atoms with Gasteiger partial charge in [0.05, 0.1) is 7.11 Å². The Labute approximate surface area is 81.3 Å². The lowest BCUT2D eigenvalue weighted by atomic mass is 10.1. The van der Waals surface area contributed by atoms with Crippen LogP contribution in [0.5, 0.6) is 5.75 Å². The minimum absolute atomic E-state index is 0.177. The Bertz CT molecular complexity index is 528. The lowest BCUT2D eigenvalue weighted by molar-refractivity contribution is 0.406. The number of nitrogens with one attached hydrogen (secondary N) is 1. The lowest BCUT2D eigenvalue weighted by Gasteiger charge is -2.06. The first kappa shape index (κ1) is 8.81. The second kappa shape index (κ2) is 3.18. The highest BCUT2D eigenvalue weighted by Crippen LogP contribution is 2.20. The Balaban J connectivity index is 2.93. The van der Waals surface area contributed by atoms with Gasteiger partial charge in [0.15, 0.2) is 5.75 Å². The van der Waals surface area contributed by atoms with Crippen LogP contribution in [0, 0.1) is 6.92 Å². The molecule has 0 aliphatic heterocycles. The first-order valence-corrected chi connectivity index (χ1v) is 4.39. The average Bonchev–Trinajstić information content (AvgIpc) is 2.18. The molecule has 0 amide bonds. The van der Waals surface area contributed by atoms with Crippen molar-refractivity contribution in [1.29, 1.82) is 0 Å². The van der Waals surface area contributed by atoms with Crippen molar-refractivity contribution in [1.82, 2.24) is 4.98 Å². The van der Waals surface area contributed by atoms with E-state index >= 15 is 0 Å². The van der Waals surface area contributed by atoms with Crippen LogP contribution in [0.15, 0.2) is 29.1 Å². The predicted octanol–water partition coefficient (Wildman–Crippen LogP) is 1.85. The van der Waals surface area contributed by atoms with Crippen LogP contribution in [0.1, 0.15) is 5.56 Å². The lowest BCUT2D eigenvalue weighted by Crippen LogP contribution is -2.10. The fourth-order valence-corrected chi connectivity index (χ4v) is 1.64. The van der Waals surface area contributed by atoms with E-state index in [0.29, 0.717) is 5.75 Å². The maximum atomic E-state index is 11.5. The number of benzene rings is 1. The zero-order chi connectivity index (χ0) is 10.1. The highest BCUT2D eigenvalue weighted by molar-refractivity contribution is 5.83. The van der Waals surface area contributed by atoms with Gasteiger partial charge in [-0.2, -0.15) is 0 Å². The van der Waals surface area contributed by atoms with E-state index in [9.17, 15) is 4.79 Å². The summed E-state index contributed by atoms with van der Waals surface area (Å²) in [5, 5.41) is 1.02. The Kier molecular flexibility index (Phi) is 2.00. The van der Waals surface area contributed by atoms with Gasteiger partial charge in [0.2, 0.25) is 0 Å². The Morgan fingerprint density at radius 2 is 2.00 bits per heavy atom.